The number of hydrogen-bond acceptors (Lipinski definition) is 3. The van der Waals surface area contributed by atoms with Crippen LogP contribution >= 0.6 is 0 Å². The predicted molar refractivity (Wildman–Crippen MR) is 117 cm³/mol. The van der Waals surface area contributed by atoms with E-state index >= 15 is 0 Å². The topological polar surface area (TPSA) is 62.2 Å². The minimum absolute atomic E-state index is 0.105. The Balaban J connectivity index is 1.65. The Kier molecular flexibility index (Phi) is 4.87. The molecule has 2 atom stereocenters. The van der Waals surface area contributed by atoms with E-state index in [4.69, 9.17) is 10.1 Å². The summed E-state index contributed by atoms with van der Waals surface area (Å²) in [6.45, 7) is 8.69. The van der Waals surface area contributed by atoms with Gasteiger partial charge in [0.2, 0.25) is 0 Å². The zero-order chi connectivity index (χ0) is 20.7. The molecule has 4 nitrogen and oxygen atoms in total. The fourth-order valence-electron chi connectivity index (χ4n) is 4.12. The molecule has 0 aliphatic carbocycles. The Bertz CT molecular complexity index is 1110. The van der Waals surface area contributed by atoms with Crippen LogP contribution in [0.1, 0.15) is 65.5 Å². The minimum Gasteiger partial charge on any atom is -0.478 e. The molecule has 0 bridgehead atoms. The highest BCUT2D eigenvalue weighted by atomic mass is 16.4. The Morgan fingerprint density at radius 1 is 1.07 bits per heavy atom. The van der Waals surface area contributed by atoms with Gasteiger partial charge in [-0.05, 0) is 47.7 Å². The molecule has 2 aromatic carbocycles. The number of nitrogens with zero attached hydrogens (tertiary/aromatic N) is 1. The van der Waals surface area contributed by atoms with Crippen molar-refractivity contribution in [3.05, 3.63) is 82.6 Å². The number of carboxylic acid groups (broad SMARTS) is 1. The maximum Gasteiger partial charge on any atom is 0.335 e. The number of aromatic carboxylic acids is 1. The highest BCUT2D eigenvalue weighted by Crippen LogP contribution is 2.35. The van der Waals surface area contributed by atoms with Gasteiger partial charge in [-0.25, -0.2) is 9.78 Å². The summed E-state index contributed by atoms with van der Waals surface area (Å²) in [5.74, 6) is -0.173. The molecule has 2 N–H and O–H groups in total. The molecular formula is C25H26N2O2. The smallest absolute Gasteiger partial charge is 0.335 e. The second-order valence-electron chi connectivity index (χ2n) is 8.21. The van der Waals surface area contributed by atoms with E-state index in [0.717, 1.165) is 22.5 Å². The third kappa shape index (κ3) is 3.51. The molecule has 2 unspecified atom stereocenters. The second kappa shape index (κ2) is 7.36. The van der Waals surface area contributed by atoms with Crippen LogP contribution in [0.2, 0.25) is 0 Å². The van der Waals surface area contributed by atoms with E-state index < -0.39 is 5.97 Å². The largest absolute Gasteiger partial charge is 0.478 e. The number of aromatic nitrogens is 1. The van der Waals surface area contributed by atoms with Crippen molar-refractivity contribution in [2.45, 2.75) is 39.7 Å². The van der Waals surface area contributed by atoms with Crippen molar-refractivity contribution < 1.29 is 9.90 Å². The normalized spacial score (nSPS) is 18.7. The van der Waals surface area contributed by atoms with Crippen LogP contribution in [-0.2, 0) is 0 Å². The van der Waals surface area contributed by atoms with Crippen molar-refractivity contribution >= 4 is 22.6 Å². The number of benzene rings is 2. The maximum absolute atomic E-state index is 11.1. The fraction of sp³-hybridized carbons (Fsp3) is 0.280. The molecule has 0 fully saturated rings. The first-order chi connectivity index (χ1) is 13.8. The second-order valence-corrected chi connectivity index (χ2v) is 8.21. The standard InChI is InChI=1S/C25H26N2O2/c1-14(2)19-10-5-15(3)24-20(19)11-12-21(26-24)22-13-16(4)23(27-22)17-6-8-18(9-7-17)25(28)29/h5-14,16,23,27H,1-4H3,(H,28,29). The van der Waals surface area contributed by atoms with Crippen LogP contribution in [0.3, 0.4) is 0 Å². The molecule has 29 heavy (non-hydrogen) atoms. The van der Waals surface area contributed by atoms with Gasteiger partial charge in [0.25, 0.3) is 0 Å². The summed E-state index contributed by atoms with van der Waals surface area (Å²) in [5.41, 5.74) is 6.91. The summed E-state index contributed by atoms with van der Waals surface area (Å²) in [4.78, 5) is 16.1. The lowest BCUT2D eigenvalue weighted by Crippen LogP contribution is -2.18. The number of fused-ring (bicyclic) bond motifs is 1. The van der Waals surface area contributed by atoms with Gasteiger partial charge in [0.15, 0.2) is 0 Å². The molecule has 148 valence electrons. The van der Waals surface area contributed by atoms with E-state index in [9.17, 15) is 4.79 Å². The van der Waals surface area contributed by atoms with Crippen LogP contribution in [0.4, 0.5) is 0 Å². The van der Waals surface area contributed by atoms with Gasteiger partial charge in [0.1, 0.15) is 0 Å². The van der Waals surface area contributed by atoms with Gasteiger partial charge in [-0.1, -0.05) is 57.2 Å². The molecule has 2 heterocycles. The summed E-state index contributed by atoms with van der Waals surface area (Å²) in [6.07, 6.45) is 2.21. The van der Waals surface area contributed by atoms with Crippen molar-refractivity contribution in [3.8, 4) is 0 Å². The summed E-state index contributed by atoms with van der Waals surface area (Å²) in [7, 11) is 0. The number of pyridine rings is 1. The fourth-order valence-corrected chi connectivity index (χ4v) is 4.12. The Morgan fingerprint density at radius 3 is 2.45 bits per heavy atom. The van der Waals surface area contributed by atoms with Crippen LogP contribution in [0, 0.1) is 12.8 Å². The predicted octanol–water partition coefficient (Wildman–Crippen LogP) is 5.69. The lowest BCUT2D eigenvalue weighted by Gasteiger charge is -2.18. The van der Waals surface area contributed by atoms with Gasteiger partial charge in [-0.15, -0.1) is 0 Å². The summed E-state index contributed by atoms with van der Waals surface area (Å²) >= 11 is 0. The lowest BCUT2D eigenvalue weighted by atomic mass is 9.95. The zero-order valence-electron chi connectivity index (χ0n) is 17.2. The van der Waals surface area contributed by atoms with Crippen molar-refractivity contribution in [1.29, 1.82) is 0 Å². The van der Waals surface area contributed by atoms with E-state index in [2.05, 4.69) is 63.4 Å². The number of carbonyl (C=O) groups is 1. The molecule has 0 amide bonds. The third-order valence-electron chi connectivity index (χ3n) is 5.77. The first-order valence-corrected chi connectivity index (χ1v) is 10.1. The van der Waals surface area contributed by atoms with Crippen LogP contribution in [0.5, 0.6) is 0 Å². The van der Waals surface area contributed by atoms with Crippen molar-refractivity contribution in [1.82, 2.24) is 10.3 Å². The van der Waals surface area contributed by atoms with Crippen LogP contribution in [0.15, 0.2) is 54.6 Å². The van der Waals surface area contributed by atoms with Crippen LogP contribution in [0.25, 0.3) is 16.6 Å². The molecule has 0 radical (unpaired) electrons. The third-order valence-corrected chi connectivity index (χ3v) is 5.77. The molecule has 0 spiro atoms. The van der Waals surface area contributed by atoms with Crippen molar-refractivity contribution in [2.75, 3.05) is 0 Å². The first kappa shape index (κ1) is 19.2. The Hall–Kier alpha value is -3.14. The molecule has 0 saturated carbocycles. The lowest BCUT2D eigenvalue weighted by molar-refractivity contribution is 0.0697. The number of rotatable bonds is 4. The number of carboxylic acids is 1. The summed E-state index contributed by atoms with van der Waals surface area (Å²) in [5, 5.41) is 13.9. The molecule has 4 rings (SSSR count). The molecule has 1 aromatic heterocycles. The Morgan fingerprint density at radius 2 is 1.79 bits per heavy atom. The number of hydrogen-bond donors (Lipinski definition) is 2. The molecule has 0 saturated heterocycles. The van der Waals surface area contributed by atoms with E-state index in [1.807, 2.05) is 12.1 Å². The average Bonchev–Trinajstić information content (AvgIpc) is 3.09. The summed E-state index contributed by atoms with van der Waals surface area (Å²) in [6, 6.07) is 15.8. The SMILES string of the molecule is Cc1ccc(C(C)C)c2ccc(C3=CC(C)C(c4ccc(C(=O)O)cc4)N3)nc12. The zero-order valence-corrected chi connectivity index (χ0v) is 17.2. The molecule has 1 aliphatic heterocycles. The minimum atomic E-state index is -0.903. The number of nitrogens with one attached hydrogen (secondary N) is 1. The Labute approximate surface area is 171 Å². The molecule has 1 aliphatic rings. The van der Waals surface area contributed by atoms with Gasteiger partial charge in [0, 0.05) is 11.3 Å². The van der Waals surface area contributed by atoms with Crippen molar-refractivity contribution in [3.63, 3.8) is 0 Å². The van der Waals surface area contributed by atoms with E-state index in [0.29, 0.717) is 11.5 Å². The van der Waals surface area contributed by atoms with Gasteiger partial charge in [0.05, 0.1) is 28.5 Å². The van der Waals surface area contributed by atoms with E-state index in [1.54, 1.807) is 12.1 Å². The van der Waals surface area contributed by atoms with Crippen molar-refractivity contribution in [2.24, 2.45) is 5.92 Å². The maximum atomic E-state index is 11.1. The van der Waals surface area contributed by atoms with Crippen LogP contribution < -0.4 is 5.32 Å². The van der Waals surface area contributed by atoms with Gasteiger partial charge >= 0.3 is 5.97 Å². The molecular weight excluding hydrogens is 360 g/mol. The monoisotopic (exact) mass is 386 g/mol. The van der Waals surface area contributed by atoms with Gasteiger partial charge < -0.3 is 10.4 Å². The first-order valence-electron chi connectivity index (χ1n) is 10.1. The quantitative estimate of drug-likeness (QED) is 0.605. The molecule has 4 heteroatoms. The summed E-state index contributed by atoms with van der Waals surface area (Å²) < 4.78 is 0. The highest BCUT2D eigenvalue weighted by molar-refractivity contribution is 5.88. The highest BCUT2D eigenvalue weighted by Gasteiger charge is 2.26. The van der Waals surface area contributed by atoms with Gasteiger partial charge in [-0.2, -0.15) is 0 Å². The molecule has 3 aromatic rings. The average molecular weight is 386 g/mol. The van der Waals surface area contributed by atoms with E-state index in [1.165, 1.54) is 16.5 Å². The number of aryl methyl sites for hydroxylation is 1. The van der Waals surface area contributed by atoms with Gasteiger partial charge in [-0.3, -0.25) is 0 Å². The van der Waals surface area contributed by atoms with Crippen LogP contribution in [-0.4, -0.2) is 16.1 Å². The van der Waals surface area contributed by atoms with E-state index in [-0.39, 0.29) is 12.0 Å².